The molecule has 1 aliphatic heterocycles. The predicted octanol–water partition coefficient (Wildman–Crippen LogP) is 1.54. The van der Waals surface area contributed by atoms with Crippen LogP contribution in [0.15, 0.2) is 18.2 Å². The van der Waals surface area contributed by atoms with Crippen molar-refractivity contribution in [2.45, 2.75) is 44.9 Å². The summed E-state index contributed by atoms with van der Waals surface area (Å²) in [6, 6.07) is 5.77. The first-order valence-corrected chi connectivity index (χ1v) is 7.34. The first-order chi connectivity index (χ1) is 9.59. The Bertz CT molecular complexity index is 529. The summed E-state index contributed by atoms with van der Waals surface area (Å²) in [4.78, 5) is 12.4. The van der Waals surface area contributed by atoms with Crippen molar-refractivity contribution < 1.29 is 9.53 Å². The molecule has 1 amide bonds. The Labute approximate surface area is 119 Å². The van der Waals surface area contributed by atoms with E-state index < -0.39 is 0 Å². The number of amides is 1. The van der Waals surface area contributed by atoms with E-state index in [1.165, 1.54) is 0 Å². The van der Waals surface area contributed by atoms with E-state index in [0.29, 0.717) is 5.92 Å². The van der Waals surface area contributed by atoms with Crippen LogP contribution in [-0.2, 0) is 4.74 Å². The zero-order valence-electron chi connectivity index (χ0n) is 12.1. The molecule has 108 valence electrons. The Morgan fingerprint density at radius 1 is 1.40 bits per heavy atom. The lowest BCUT2D eigenvalue weighted by Gasteiger charge is -2.52. The van der Waals surface area contributed by atoms with Crippen molar-refractivity contribution in [2.75, 3.05) is 6.61 Å². The molecular weight excluding hydrogens is 252 g/mol. The van der Waals surface area contributed by atoms with Gasteiger partial charge in [-0.05, 0) is 43.9 Å². The van der Waals surface area contributed by atoms with Gasteiger partial charge in [0.25, 0.3) is 5.91 Å². The molecule has 4 unspecified atom stereocenters. The highest BCUT2D eigenvalue weighted by atomic mass is 16.5. The molecule has 2 fully saturated rings. The molecule has 3 N–H and O–H groups in total. The summed E-state index contributed by atoms with van der Waals surface area (Å²) in [6.07, 6.45) is 2.29. The minimum atomic E-state index is -0.0484. The standard InChI is InChI=1S/C16H22N2O2/c1-9-5-3-6-11(10(9)2)16(19)18-14-13(17)12-7-4-8-20-15(12)14/h3,5-6,12-15H,4,7-8,17H2,1-2H3,(H,18,19). The number of hydrogen-bond donors (Lipinski definition) is 2. The number of benzene rings is 1. The Kier molecular flexibility index (Phi) is 3.52. The summed E-state index contributed by atoms with van der Waals surface area (Å²) in [7, 11) is 0. The maximum absolute atomic E-state index is 12.4. The zero-order valence-corrected chi connectivity index (χ0v) is 12.1. The molecule has 2 aliphatic rings. The molecule has 0 radical (unpaired) electrons. The summed E-state index contributed by atoms with van der Waals surface area (Å²) >= 11 is 0. The second-order valence-corrected chi connectivity index (χ2v) is 5.97. The van der Waals surface area contributed by atoms with Gasteiger partial charge in [0, 0.05) is 24.1 Å². The fourth-order valence-electron chi connectivity index (χ4n) is 3.35. The molecule has 4 nitrogen and oxygen atoms in total. The normalized spacial score (nSPS) is 32.1. The second kappa shape index (κ2) is 5.19. The van der Waals surface area contributed by atoms with E-state index in [9.17, 15) is 4.79 Å². The number of carbonyl (C=O) groups excluding carboxylic acids is 1. The van der Waals surface area contributed by atoms with Gasteiger partial charge >= 0.3 is 0 Å². The number of hydrogen-bond acceptors (Lipinski definition) is 3. The van der Waals surface area contributed by atoms with Crippen molar-refractivity contribution in [3.8, 4) is 0 Å². The van der Waals surface area contributed by atoms with E-state index in [-0.39, 0.29) is 24.1 Å². The second-order valence-electron chi connectivity index (χ2n) is 5.97. The summed E-state index contributed by atoms with van der Waals surface area (Å²) in [5.74, 6) is 0.368. The van der Waals surface area contributed by atoms with Crippen LogP contribution in [-0.4, -0.2) is 30.7 Å². The Balaban J connectivity index is 1.72. The molecule has 4 atom stereocenters. The average molecular weight is 274 g/mol. The predicted molar refractivity (Wildman–Crippen MR) is 77.6 cm³/mol. The van der Waals surface area contributed by atoms with E-state index in [1.807, 2.05) is 32.0 Å². The van der Waals surface area contributed by atoms with E-state index in [1.54, 1.807) is 0 Å². The maximum atomic E-state index is 12.4. The van der Waals surface area contributed by atoms with Crippen LogP contribution in [0.25, 0.3) is 0 Å². The zero-order chi connectivity index (χ0) is 14.3. The van der Waals surface area contributed by atoms with Gasteiger partial charge in [0.2, 0.25) is 0 Å². The number of carbonyl (C=O) groups is 1. The third kappa shape index (κ3) is 2.13. The maximum Gasteiger partial charge on any atom is 0.251 e. The Hall–Kier alpha value is -1.39. The third-order valence-corrected chi connectivity index (χ3v) is 4.82. The van der Waals surface area contributed by atoms with Crippen LogP contribution in [0.4, 0.5) is 0 Å². The third-order valence-electron chi connectivity index (χ3n) is 4.82. The summed E-state index contributed by atoms with van der Waals surface area (Å²) in [5.41, 5.74) is 9.06. The van der Waals surface area contributed by atoms with Gasteiger partial charge in [-0.1, -0.05) is 12.1 Å². The van der Waals surface area contributed by atoms with Crippen LogP contribution in [0, 0.1) is 19.8 Å². The van der Waals surface area contributed by atoms with Gasteiger partial charge in [-0.25, -0.2) is 0 Å². The van der Waals surface area contributed by atoms with Gasteiger partial charge in [-0.3, -0.25) is 4.79 Å². The summed E-state index contributed by atoms with van der Waals surface area (Å²) < 4.78 is 5.76. The molecular formula is C16H22N2O2. The molecule has 0 aromatic heterocycles. The Morgan fingerprint density at radius 3 is 3.00 bits per heavy atom. The largest absolute Gasteiger partial charge is 0.376 e. The molecule has 1 saturated carbocycles. The molecule has 1 aromatic carbocycles. The number of nitrogens with two attached hydrogens (primary N) is 1. The lowest BCUT2D eigenvalue weighted by Crippen LogP contribution is -2.72. The van der Waals surface area contributed by atoms with Crippen molar-refractivity contribution in [1.82, 2.24) is 5.32 Å². The van der Waals surface area contributed by atoms with E-state index in [4.69, 9.17) is 10.5 Å². The summed E-state index contributed by atoms with van der Waals surface area (Å²) in [6.45, 7) is 4.77. The van der Waals surface area contributed by atoms with Gasteiger partial charge in [0.15, 0.2) is 0 Å². The SMILES string of the molecule is Cc1cccc(C(=O)NC2C(N)C3CCCOC32)c1C. The van der Waals surface area contributed by atoms with Gasteiger partial charge in [0.1, 0.15) is 0 Å². The topological polar surface area (TPSA) is 64.4 Å². The lowest BCUT2D eigenvalue weighted by atomic mass is 9.68. The van der Waals surface area contributed by atoms with Crippen molar-refractivity contribution >= 4 is 5.91 Å². The summed E-state index contributed by atoms with van der Waals surface area (Å²) in [5, 5.41) is 3.06. The van der Waals surface area contributed by atoms with Crippen molar-refractivity contribution in [3.05, 3.63) is 34.9 Å². The van der Waals surface area contributed by atoms with Crippen molar-refractivity contribution in [2.24, 2.45) is 11.7 Å². The van der Waals surface area contributed by atoms with E-state index in [0.717, 1.165) is 36.1 Å². The minimum absolute atomic E-state index is 0.0226. The average Bonchev–Trinajstić information content (AvgIpc) is 2.47. The van der Waals surface area contributed by atoms with Crippen LogP contribution in [0.1, 0.15) is 34.3 Å². The van der Waals surface area contributed by atoms with Gasteiger partial charge < -0.3 is 15.8 Å². The molecule has 0 spiro atoms. The number of aryl methyl sites for hydroxylation is 1. The first-order valence-electron chi connectivity index (χ1n) is 7.34. The molecule has 1 aromatic rings. The van der Waals surface area contributed by atoms with Crippen LogP contribution >= 0.6 is 0 Å². The van der Waals surface area contributed by atoms with Gasteiger partial charge in [-0.15, -0.1) is 0 Å². The molecule has 4 heteroatoms. The fraction of sp³-hybridized carbons (Fsp3) is 0.562. The molecule has 1 saturated heterocycles. The highest BCUT2D eigenvalue weighted by Crippen LogP contribution is 2.37. The quantitative estimate of drug-likeness (QED) is 0.860. The first kappa shape index (κ1) is 13.6. The van der Waals surface area contributed by atoms with Gasteiger partial charge in [-0.2, -0.15) is 0 Å². The molecule has 1 aliphatic carbocycles. The van der Waals surface area contributed by atoms with Crippen LogP contribution in [0.5, 0.6) is 0 Å². The molecule has 0 bridgehead atoms. The number of rotatable bonds is 2. The molecule has 20 heavy (non-hydrogen) atoms. The lowest BCUT2D eigenvalue weighted by molar-refractivity contribution is -0.117. The van der Waals surface area contributed by atoms with E-state index >= 15 is 0 Å². The molecule has 3 rings (SSSR count). The molecule has 1 heterocycles. The highest BCUT2D eigenvalue weighted by Gasteiger charge is 2.51. The van der Waals surface area contributed by atoms with Crippen molar-refractivity contribution in [1.29, 1.82) is 0 Å². The number of nitrogens with one attached hydrogen (secondary N) is 1. The minimum Gasteiger partial charge on any atom is -0.376 e. The fourth-order valence-corrected chi connectivity index (χ4v) is 3.35. The highest BCUT2D eigenvalue weighted by molar-refractivity contribution is 5.96. The number of ether oxygens (including phenoxy) is 1. The Morgan fingerprint density at radius 2 is 2.20 bits per heavy atom. The van der Waals surface area contributed by atoms with Crippen LogP contribution in [0.2, 0.25) is 0 Å². The monoisotopic (exact) mass is 274 g/mol. The van der Waals surface area contributed by atoms with Crippen molar-refractivity contribution in [3.63, 3.8) is 0 Å². The van der Waals surface area contributed by atoms with E-state index in [2.05, 4.69) is 5.32 Å². The van der Waals surface area contributed by atoms with Crippen LogP contribution < -0.4 is 11.1 Å². The van der Waals surface area contributed by atoms with Crippen LogP contribution in [0.3, 0.4) is 0 Å². The van der Waals surface area contributed by atoms with Gasteiger partial charge in [0.05, 0.1) is 12.1 Å². The smallest absolute Gasteiger partial charge is 0.251 e. The number of fused-ring (bicyclic) bond motifs is 1.